The van der Waals surface area contributed by atoms with Gasteiger partial charge in [0.1, 0.15) is 0 Å². The number of nitrogens with one attached hydrogen (secondary N) is 1. The summed E-state index contributed by atoms with van der Waals surface area (Å²) in [6.45, 7) is 9.44. The van der Waals surface area contributed by atoms with Crippen LogP contribution in [-0.4, -0.2) is 29.0 Å². The van der Waals surface area contributed by atoms with Gasteiger partial charge in [-0.15, -0.1) is 0 Å². The third-order valence-electron chi connectivity index (χ3n) is 4.37. The molecule has 0 radical (unpaired) electrons. The number of ether oxygens (including phenoxy) is 1. The Labute approximate surface area is 129 Å². The first-order valence-corrected chi connectivity index (χ1v) is 8.70. The van der Waals surface area contributed by atoms with Crippen LogP contribution in [0.4, 0.5) is 0 Å². The second-order valence-electron chi connectivity index (χ2n) is 5.91. The summed E-state index contributed by atoms with van der Waals surface area (Å²) < 4.78 is 7.89. The Morgan fingerprint density at radius 2 is 2.29 bits per heavy atom. The number of hydrogen-bond donors (Lipinski definition) is 1. The van der Waals surface area contributed by atoms with Crippen molar-refractivity contribution in [1.82, 2.24) is 15.1 Å². The molecule has 0 bridgehead atoms. The summed E-state index contributed by atoms with van der Waals surface area (Å²) in [5, 5.41) is 8.32. The van der Waals surface area contributed by atoms with Gasteiger partial charge >= 0.3 is 0 Å². The van der Waals surface area contributed by atoms with E-state index in [1.165, 1.54) is 43.5 Å². The van der Waals surface area contributed by atoms with Crippen molar-refractivity contribution in [3.8, 4) is 0 Å². The highest BCUT2D eigenvalue weighted by Gasteiger charge is 2.19. The number of hydrogen-bond acceptors (Lipinski definition) is 3. The molecule has 1 aliphatic heterocycles. The molecule has 2 heterocycles. The molecule has 120 valence electrons. The summed E-state index contributed by atoms with van der Waals surface area (Å²) in [4.78, 5) is 0. The van der Waals surface area contributed by atoms with Crippen LogP contribution in [0.2, 0.25) is 0 Å². The van der Waals surface area contributed by atoms with E-state index >= 15 is 0 Å². The molecule has 1 aromatic heterocycles. The lowest BCUT2D eigenvalue weighted by Gasteiger charge is -2.19. The molecule has 2 atom stereocenters. The number of rotatable bonds is 9. The summed E-state index contributed by atoms with van der Waals surface area (Å²) >= 11 is 0. The third kappa shape index (κ3) is 4.55. The van der Waals surface area contributed by atoms with Gasteiger partial charge in [-0.25, -0.2) is 0 Å². The van der Waals surface area contributed by atoms with Crippen LogP contribution < -0.4 is 5.32 Å². The second-order valence-corrected chi connectivity index (χ2v) is 5.91. The van der Waals surface area contributed by atoms with Crippen molar-refractivity contribution in [2.75, 3.05) is 13.2 Å². The maximum atomic E-state index is 5.73. The van der Waals surface area contributed by atoms with Gasteiger partial charge in [-0.1, -0.05) is 13.8 Å². The topological polar surface area (TPSA) is 39.1 Å². The summed E-state index contributed by atoms with van der Waals surface area (Å²) in [5.41, 5.74) is 2.55. The Bertz CT molecular complexity index is 410. The van der Waals surface area contributed by atoms with Gasteiger partial charge in [0.05, 0.1) is 17.5 Å². The molecule has 2 unspecified atom stereocenters. The van der Waals surface area contributed by atoms with Crippen molar-refractivity contribution < 1.29 is 4.74 Å². The maximum absolute atomic E-state index is 5.73. The van der Waals surface area contributed by atoms with Crippen LogP contribution in [0.3, 0.4) is 0 Å². The Kier molecular flexibility index (Phi) is 6.71. The van der Waals surface area contributed by atoms with Crippen molar-refractivity contribution >= 4 is 0 Å². The molecule has 0 aromatic carbocycles. The number of nitrogens with zero attached hydrogens (tertiary/aromatic N) is 2. The summed E-state index contributed by atoms with van der Waals surface area (Å²) in [7, 11) is 0. The maximum Gasteiger partial charge on any atom is 0.0625 e. The van der Waals surface area contributed by atoms with E-state index in [1.54, 1.807) is 0 Å². The minimum atomic E-state index is 0.421. The highest BCUT2D eigenvalue weighted by molar-refractivity contribution is 5.14. The lowest BCUT2D eigenvalue weighted by Crippen LogP contribution is -2.24. The molecular weight excluding hydrogens is 262 g/mol. The fourth-order valence-electron chi connectivity index (χ4n) is 3.22. The fraction of sp³-hybridized carbons (Fsp3) is 0.824. The molecule has 2 rings (SSSR count). The molecule has 0 saturated carbocycles. The molecule has 1 fully saturated rings. The first kappa shape index (κ1) is 16.5. The van der Waals surface area contributed by atoms with Crippen molar-refractivity contribution in [2.24, 2.45) is 0 Å². The Hall–Kier alpha value is -0.870. The summed E-state index contributed by atoms with van der Waals surface area (Å²) in [6.07, 6.45) is 7.59. The van der Waals surface area contributed by atoms with Crippen molar-refractivity contribution in [3.05, 3.63) is 17.5 Å². The monoisotopic (exact) mass is 293 g/mol. The van der Waals surface area contributed by atoms with E-state index in [0.717, 1.165) is 26.1 Å². The third-order valence-corrected chi connectivity index (χ3v) is 4.37. The van der Waals surface area contributed by atoms with Gasteiger partial charge in [-0.3, -0.25) is 4.68 Å². The standard InChI is InChI=1S/C17H31N3O/c1-4-14-13-17(20(6-3)19-14)16(18-5-2)11-7-9-15-10-8-12-21-15/h13,15-16,18H,4-12H2,1-3H3. The SMILES string of the molecule is CCNC(CCCC1CCCO1)c1cc(CC)nn1CC. The van der Waals surface area contributed by atoms with Crippen LogP contribution in [-0.2, 0) is 17.7 Å². The van der Waals surface area contributed by atoms with Crippen molar-refractivity contribution in [1.29, 1.82) is 0 Å². The predicted octanol–water partition coefficient (Wildman–Crippen LogP) is 3.47. The molecular formula is C17H31N3O. The Morgan fingerprint density at radius 3 is 2.90 bits per heavy atom. The van der Waals surface area contributed by atoms with E-state index in [9.17, 15) is 0 Å². The van der Waals surface area contributed by atoms with Gasteiger partial charge in [0.2, 0.25) is 0 Å². The lowest BCUT2D eigenvalue weighted by molar-refractivity contribution is 0.101. The molecule has 1 aromatic rings. The zero-order valence-corrected chi connectivity index (χ0v) is 13.9. The zero-order chi connectivity index (χ0) is 15.1. The van der Waals surface area contributed by atoms with Gasteiger partial charge in [0.25, 0.3) is 0 Å². The average Bonchev–Trinajstić information content (AvgIpc) is 3.15. The van der Waals surface area contributed by atoms with Crippen LogP contribution in [0.25, 0.3) is 0 Å². The Morgan fingerprint density at radius 1 is 1.43 bits per heavy atom. The molecule has 1 N–H and O–H groups in total. The largest absolute Gasteiger partial charge is 0.378 e. The lowest BCUT2D eigenvalue weighted by atomic mass is 10.0. The quantitative estimate of drug-likeness (QED) is 0.758. The van der Waals surface area contributed by atoms with E-state index in [4.69, 9.17) is 4.74 Å². The molecule has 1 aliphatic rings. The molecule has 0 spiro atoms. The average molecular weight is 293 g/mol. The first-order valence-electron chi connectivity index (χ1n) is 8.70. The van der Waals surface area contributed by atoms with E-state index in [0.29, 0.717) is 12.1 Å². The zero-order valence-electron chi connectivity index (χ0n) is 13.9. The molecule has 4 nitrogen and oxygen atoms in total. The molecule has 1 saturated heterocycles. The second kappa shape index (κ2) is 8.54. The van der Waals surface area contributed by atoms with Crippen LogP contribution in [0.15, 0.2) is 6.07 Å². The highest BCUT2D eigenvalue weighted by Crippen LogP contribution is 2.24. The molecule has 0 amide bonds. The highest BCUT2D eigenvalue weighted by atomic mass is 16.5. The van der Waals surface area contributed by atoms with Crippen LogP contribution >= 0.6 is 0 Å². The minimum absolute atomic E-state index is 0.421. The van der Waals surface area contributed by atoms with Gasteiger partial charge in [0, 0.05) is 19.2 Å². The van der Waals surface area contributed by atoms with Crippen molar-refractivity contribution in [2.45, 2.75) is 78.0 Å². The van der Waals surface area contributed by atoms with E-state index in [2.05, 4.69) is 41.9 Å². The number of aromatic nitrogens is 2. The first-order chi connectivity index (χ1) is 10.3. The minimum Gasteiger partial charge on any atom is -0.378 e. The van der Waals surface area contributed by atoms with E-state index in [-0.39, 0.29) is 0 Å². The van der Waals surface area contributed by atoms with Crippen LogP contribution in [0, 0.1) is 0 Å². The summed E-state index contributed by atoms with van der Waals surface area (Å²) in [6, 6.07) is 2.70. The molecule has 4 heteroatoms. The molecule has 21 heavy (non-hydrogen) atoms. The van der Waals surface area contributed by atoms with E-state index in [1.807, 2.05) is 0 Å². The van der Waals surface area contributed by atoms with Crippen molar-refractivity contribution in [3.63, 3.8) is 0 Å². The Balaban J connectivity index is 1.94. The normalized spacial score (nSPS) is 20.0. The van der Waals surface area contributed by atoms with Gasteiger partial charge in [-0.2, -0.15) is 5.10 Å². The fourth-order valence-corrected chi connectivity index (χ4v) is 3.22. The van der Waals surface area contributed by atoms with Gasteiger partial charge in [-0.05, 0) is 58.1 Å². The van der Waals surface area contributed by atoms with Crippen LogP contribution in [0.5, 0.6) is 0 Å². The molecule has 0 aliphatic carbocycles. The smallest absolute Gasteiger partial charge is 0.0625 e. The van der Waals surface area contributed by atoms with Crippen LogP contribution in [0.1, 0.15) is 70.3 Å². The van der Waals surface area contributed by atoms with Gasteiger partial charge < -0.3 is 10.1 Å². The summed E-state index contributed by atoms with van der Waals surface area (Å²) in [5.74, 6) is 0. The number of aryl methyl sites for hydroxylation is 2. The van der Waals surface area contributed by atoms with E-state index < -0.39 is 0 Å². The predicted molar refractivity (Wildman–Crippen MR) is 86.5 cm³/mol. The van der Waals surface area contributed by atoms with Gasteiger partial charge in [0.15, 0.2) is 0 Å².